The predicted octanol–water partition coefficient (Wildman–Crippen LogP) is 2.61. The van der Waals surface area contributed by atoms with E-state index in [1.165, 1.54) is 5.56 Å². The number of nitrogens with one attached hydrogen (secondary N) is 1. The molecule has 124 valence electrons. The van der Waals surface area contributed by atoms with Crippen LogP contribution >= 0.6 is 11.6 Å². The molecular weight excluding hydrogens is 346 g/mol. The maximum absolute atomic E-state index is 13.1. The molecule has 0 atom stereocenters. The normalized spacial score (nSPS) is 15.2. The first-order valence-corrected chi connectivity index (χ1v) is 9.60. The molecule has 0 bridgehead atoms. The van der Waals surface area contributed by atoms with Gasteiger partial charge in [0.1, 0.15) is 0 Å². The van der Waals surface area contributed by atoms with E-state index in [2.05, 4.69) is 10.4 Å². The van der Waals surface area contributed by atoms with Crippen molar-refractivity contribution in [1.82, 2.24) is 14.5 Å². The number of fused-ring (bicyclic) bond motifs is 2. The minimum atomic E-state index is -3.79. The summed E-state index contributed by atoms with van der Waals surface area (Å²) in [5.74, 6) is 0. The number of halogens is 1. The van der Waals surface area contributed by atoms with Crippen molar-refractivity contribution in [1.29, 1.82) is 0 Å². The average Bonchev–Trinajstić information content (AvgIpc) is 2.78. The highest BCUT2D eigenvalue weighted by Gasteiger charge is 2.23. The molecular formula is C17H16ClN3O2S. The van der Waals surface area contributed by atoms with Gasteiger partial charge < -0.3 is 5.32 Å². The van der Waals surface area contributed by atoms with Gasteiger partial charge in [0.15, 0.2) is 5.15 Å². The summed E-state index contributed by atoms with van der Waals surface area (Å²) in [5.41, 5.74) is 2.75. The lowest BCUT2D eigenvalue weighted by Gasteiger charge is -2.10. The number of rotatable bonds is 2. The fraction of sp³-hybridized carbons (Fsp3) is 0.235. The molecule has 0 aliphatic carbocycles. The van der Waals surface area contributed by atoms with E-state index in [0.29, 0.717) is 10.9 Å². The summed E-state index contributed by atoms with van der Waals surface area (Å²) >= 11 is 6.10. The monoisotopic (exact) mass is 361 g/mol. The molecule has 0 saturated heterocycles. The summed E-state index contributed by atoms with van der Waals surface area (Å²) in [4.78, 5) is 0.244. The summed E-state index contributed by atoms with van der Waals surface area (Å²) in [7, 11) is -3.79. The summed E-state index contributed by atoms with van der Waals surface area (Å²) in [6.45, 7) is 1.77. The number of benzene rings is 2. The summed E-state index contributed by atoms with van der Waals surface area (Å²) in [5, 5.41) is 8.19. The smallest absolute Gasteiger partial charge is 0.283 e. The Labute approximate surface area is 145 Å². The molecule has 0 amide bonds. The van der Waals surface area contributed by atoms with Crippen molar-refractivity contribution in [3.05, 3.63) is 58.7 Å². The van der Waals surface area contributed by atoms with E-state index in [-0.39, 0.29) is 10.0 Å². The van der Waals surface area contributed by atoms with Gasteiger partial charge in [0.05, 0.1) is 10.4 Å². The second-order valence-corrected chi connectivity index (χ2v) is 7.96. The van der Waals surface area contributed by atoms with Gasteiger partial charge in [0.2, 0.25) is 0 Å². The van der Waals surface area contributed by atoms with Gasteiger partial charge in [0, 0.05) is 5.39 Å². The van der Waals surface area contributed by atoms with Crippen LogP contribution in [0.5, 0.6) is 0 Å². The fourth-order valence-corrected chi connectivity index (χ4v) is 4.71. The highest BCUT2D eigenvalue weighted by molar-refractivity contribution is 7.90. The predicted molar refractivity (Wildman–Crippen MR) is 94.0 cm³/mol. The molecule has 1 aromatic heterocycles. The highest BCUT2D eigenvalue weighted by atomic mass is 35.5. The first-order valence-electron chi connectivity index (χ1n) is 7.79. The topological polar surface area (TPSA) is 64.0 Å². The second kappa shape index (κ2) is 5.88. The molecule has 4 rings (SSSR count). The number of hydrogen-bond acceptors (Lipinski definition) is 4. The van der Waals surface area contributed by atoms with Crippen LogP contribution in [-0.2, 0) is 22.9 Å². The standard InChI is InChI=1S/C17H16ClN3O2S/c18-17-15-3-1-2-4-16(15)21(20-17)24(22,23)14-6-5-12-7-9-19-10-8-13(12)11-14/h1-6,11,19H,7-10H2. The molecule has 0 radical (unpaired) electrons. The third kappa shape index (κ3) is 2.51. The van der Waals surface area contributed by atoms with Gasteiger partial charge >= 0.3 is 0 Å². The van der Waals surface area contributed by atoms with Crippen LogP contribution in [0, 0.1) is 0 Å². The van der Waals surface area contributed by atoms with Gasteiger partial charge in [-0.1, -0.05) is 29.8 Å². The van der Waals surface area contributed by atoms with Gasteiger partial charge in [-0.2, -0.15) is 12.5 Å². The number of nitrogens with zero attached hydrogens (tertiary/aromatic N) is 2. The minimum absolute atomic E-state index is 0.188. The summed E-state index contributed by atoms with van der Waals surface area (Å²) < 4.78 is 27.1. The molecule has 1 aliphatic heterocycles. The number of hydrogen-bond donors (Lipinski definition) is 1. The molecule has 0 fully saturated rings. The van der Waals surface area contributed by atoms with Crippen LogP contribution in [-0.4, -0.2) is 30.7 Å². The largest absolute Gasteiger partial charge is 0.316 e. The lowest BCUT2D eigenvalue weighted by molar-refractivity contribution is 0.582. The average molecular weight is 362 g/mol. The first-order chi connectivity index (χ1) is 11.6. The van der Waals surface area contributed by atoms with Crippen LogP contribution in [0.4, 0.5) is 0 Å². The van der Waals surface area contributed by atoms with Gasteiger partial charge in [-0.15, -0.1) is 5.10 Å². The third-order valence-electron chi connectivity index (χ3n) is 4.36. The Bertz CT molecular complexity index is 1030. The SMILES string of the molecule is O=S(=O)(c1ccc2c(c1)CCNCC2)n1nc(Cl)c2ccccc21. The maximum Gasteiger partial charge on any atom is 0.283 e. The summed E-state index contributed by atoms with van der Waals surface area (Å²) in [6.07, 6.45) is 1.73. The van der Waals surface area contributed by atoms with Crippen molar-refractivity contribution in [2.24, 2.45) is 0 Å². The highest BCUT2D eigenvalue weighted by Crippen LogP contribution is 2.27. The Kier molecular flexibility index (Phi) is 3.83. The van der Waals surface area contributed by atoms with Crippen molar-refractivity contribution in [2.75, 3.05) is 13.1 Å². The lowest BCUT2D eigenvalue weighted by atomic mass is 10.0. The molecule has 2 heterocycles. The molecule has 0 unspecified atom stereocenters. The van der Waals surface area contributed by atoms with Crippen LogP contribution in [0.1, 0.15) is 11.1 Å². The van der Waals surface area contributed by atoms with Crippen molar-refractivity contribution < 1.29 is 8.42 Å². The van der Waals surface area contributed by atoms with E-state index in [9.17, 15) is 8.42 Å². The second-order valence-electron chi connectivity index (χ2n) is 5.84. The van der Waals surface area contributed by atoms with E-state index in [1.54, 1.807) is 30.3 Å². The zero-order valence-electron chi connectivity index (χ0n) is 12.9. The quantitative estimate of drug-likeness (QED) is 0.762. The zero-order chi connectivity index (χ0) is 16.7. The Morgan fingerprint density at radius 3 is 2.62 bits per heavy atom. The number of para-hydroxylation sites is 1. The fourth-order valence-electron chi connectivity index (χ4n) is 3.10. The minimum Gasteiger partial charge on any atom is -0.316 e. The summed E-state index contributed by atoms with van der Waals surface area (Å²) in [6, 6.07) is 12.4. The van der Waals surface area contributed by atoms with Crippen LogP contribution in [0.2, 0.25) is 5.15 Å². The molecule has 1 N–H and O–H groups in total. The van der Waals surface area contributed by atoms with E-state index in [1.807, 2.05) is 12.1 Å². The van der Waals surface area contributed by atoms with Gasteiger partial charge in [-0.05, 0) is 61.3 Å². The Hall–Kier alpha value is -1.89. The van der Waals surface area contributed by atoms with E-state index >= 15 is 0 Å². The Balaban J connectivity index is 1.87. The molecule has 1 aliphatic rings. The molecule has 2 aromatic carbocycles. The van der Waals surface area contributed by atoms with Crippen molar-refractivity contribution >= 4 is 32.5 Å². The lowest BCUT2D eigenvalue weighted by Crippen LogP contribution is -2.16. The molecule has 0 spiro atoms. The molecule has 0 saturated carbocycles. The molecule has 5 nitrogen and oxygen atoms in total. The van der Waals surface area contributed by atoms with Crippen LogP contribution in [0.25, 0.3) is 10.9 Å². The molecule has 7 heteroatoms. The Morgan fingerprint density at radius 1 is 1.04 bits per heavy atom. The van der Waals surface area contributed by atoms with E-state index in [0.717, 1.165) is 35.6 Å². The van der Waals surface area contributed by atoms with E-state index < -0.39 is 10.0 Å². The van der Waals surface area contributed by atoms with Crippen molar-refractivity contribution in [3.63, 3.8) is 0 Å². The van der Waals surface area contributed by atoms with Crippen molar-refractivity contribution in [2.45, 2.75) is 17.7 Å². The third-order valence-corrected chi connectivity index (χ3v) is 6.22. The molecule has 24 heavy (non-hydrogen) atoms. The maximum atomic E-state index is 13.1. The van der Waals surface area contributed by atoms with Gasteiger partial charge in [-0.25, -0.2) is 0 Å². The van der Waals surface area contributed by atoms with Crippen LogP contribution < -0.4 is 5.32 Å². The van der Waals surface area contributed by atoms with Gasteiger partial charge in [0.25, 0.3) is 10.0 Å². The first kappa shape index (κ1) is 15.6. The Morgan fingerprint density at radius 2 is 1.79 bits per heavy atom. The number of aromatic nitrogens is 2. The van der Waals surface area contributed by atoms with Gasteiger partial charge in [-0.3, -0.25) is 0 Å². The van der Waals surface area contributed by atoms with E-state index in [4.69, 9.17) is 11.6 Å². The zero-order valence-corrected chi connectivity index (χ0v) is 14.4. The van der Waals surface area contributed by atoms with Crippen LogP contribution in [0.15, 0.2) is 47.4 Å². The van der Waals surface area contributed by atoms with Crippen LogP contribution in [0.3, 0.4) is 0 Å². The van der Waals surface area contributed by atoms with Crippen molar-refractivity contribution in [3.8, 4) is 0 Å². The molecule has 3 aromatic rings.